The van der Waals surface area contributed by atoms with Gasteiger partial charge in [-0.3, -0.25) is 0 Å². The van der Waals surface area contributed by atoms with E-state index in [9.17, 15) is 17.6 Å². The summed E-state index contributed by atoms with van der Waals surface area (Å²) in [6.45, 7) is 3.85. The van der Waals surface area contributed by atoms with Crippen LogP contribution in [0, 0.1) is 58.8 Å². The van der Waals surface area contributed by atoms with E-state index in [4.69, 9.17) is 4.74 Å². The van der Waals surface area contributed by atoms with Crippen molar-refractivity contribution in [2.75, 3.05) is 0 Å². The van der Waals surface area contributed by atoms with E-state index in [1.807, 2.05) is 6.08 Å². The number of halogens is 6. The van der Waals surface area contributed by atoms with Crippen molar-refractivity contribution in [2.45, 2.75) is 96.0 Å². The van der Waals surface area contributed by atoms with Gasteiger partial charge in [0.1, 0.15) is 11.6 Å². The largest absolute Gasteiger partial charge is 0.432 e. The molecule has 3 fully saturated rings. The Morgan fingerprint density at radius 3 is 1.69 bits per heavy atom. The summed E-state index contributed by atoms with van der Waals surface area (Å²) in [6.07, 6.45) is 13.6. The van der Waals surface area contributed by atoms with Crippen LogP contribution < -0.4 is 4.74 Å². The Morgan fingerprint density at radius 1 is 0.690 bits per heavy atom. The first-order valence-electron chi connectivity index (χ1n) is 15.8. The van der Waals surface area contributed by atoms with Gasteiger partial charge in [0.25, 0.3) is 0 Å². The third-order valence-electron chi connectivity index (χ3n) is 10.6. The maximum absolute atomic E-state index is 15.1. The van der Waals surface area contributed by atoms with Crippen molar-refractivity contribution in [1.29, 1.82) is 0 Å². The monoisotopic (exact) mass is 592 g/mol. The summed E-state index contributed by atoms with van der Waals surface area (Å²) in [7, 11) is 0. The predicted molar refractivity (Wildman–Crippen MR) is 153 cm³/mol. The smallest absolute Gasteiger partial charge is 0.400 e. The summed E-state index contributed by atoms with van der Waals surface area (Å²) >= 11 is 0. The molecule has 7 heteroatoms. The molecule has 0 radical (unpaired) electrons. The molecule has 0 aromatic heterocycles. The lowest BCUT2D eigenvalue weighted by molar-refractivity contribution is -0.224. The highest BCUT2D eigenvalue weighted by atomic mass is 19.3. The maximum Gasteiger partial charge on any atom is 0.400 e. The van der Waals surface area contributed by atoms with Crippen molar-refractivity contribution < 1.29 is 31.1 Å². The minimum absolute atomic E-state index is 0.235. The topological polar surface area (TPSA) is 9.23 Å². The van der Waals surface area contributed by atoms with Crippen LogP contribution in [0.5, 0.6) is 5.75 Å². The van der Waals surface area contributed by atoms with Crippen molar-refractivity contribution in [3.05, 3.63) is 66.3 Å². The third-order valence-corrected chi connectivity index (χ3v) is 10.6. The van der Waals surface area contributed by atoms with E-state index in [0.29, 0.717) is 36.8 Å². The zero-order chi connectivity index (χ0) is 29.9. The first kappa shape index (κ1) is 31.0. The van der Waals surface area contributed by atoms with Gasteiger partial charge in [-0.15, -0.1) is 6.58 Å². The van der Waals surface area contributed by atoms with Crippen LogP contribution >= 0.6 is 0 Å². The molecular formula is C35H42F6O. The van der Waals surface area contributed by atoms with E-state index in [1.54, 1.807) is 0 Å². The predicted octanol–water partition coefficient (Wildman–Crippen LogP) is 11.3. The molecule has 0 heterocycles. The molecule has 0 N–H and O–H groups in total. The number of hydrogen-bond acceptors (Lipinski definition) is 1. The number of benzene rings is 2. The second-order valence-corrected chi connectivity index (χ2v) is 13.0. The van der Waals surface area contributed by atoms with Crippen LogP contribution in [0.4, 0.5) is 26.3 Å². The second-order valence-electron chi connectivity index (χ2n) is 13.0. The standard InChI is InChI=1S/C35H42F6O/c1-2-3-4-22-5-7-23(8-6-22)24-9-11-25(12-10-24)26-13-15-28(16-14-26)35(40,41)42-29-17-18-30(31(36)21-29)27-19-32(37)34(39)33(38)20-27/h2,17-26,28H,1,3-16H2. The molecule has 42 heavy (non-hydrogen) atoms. The van der Waals surface area contributed by atoms with Crippen LogP contribution in [0.1, 0.15) is 89.9 Å². The first-order chi connectivity index (χ1) is 20.1. The molecule has 0 aliphatic heterocycles. The molecule has 5 rings (SSSR count). The molecule has 3 aliphatic carbocycles. The average molecular weight is 593 g/mol. The van der Waals surface area contributed by atoms with Crippen LogP contribution in [0.25, 0.3) is 11.1 Å². The molecule has 0 unspecified atom stereocenters. The Balaban J connectivity index is 1.09. The summed E-state index contributed by atoms with van der Waals surface area (Å²) in [5.41, 5.74) is -0.476. The molecular weight excluding hydrogens is 550 g/mol. The van der Waals surface area contributed by atoms with Gasteiger partial charge in [0.05, 0.1) is 5.92 Å². The number of alkyl halides is 2. The van der Waals surface area contributed by atoms with Gasteiger partial charge in [0, 0.05) is 11.6 Å². The lowest BCUT2D eigenvalue weighted by Gasteiger charge is -2.42. The summed E-state index contributed by atoms with van der Waals surface area (Å²) in [6, 6.07) is 4.35. The zero-order valence-electron chi connectivity index (χ0n) is 24.2. The van der Waals surface area contributed by atoms with E-state index in [1.165, 1.54) is 57.8 Å². The van der Waals surface area contributed by atoms with Gasteiger partial charge in [0.2, 0.25) is 0 Å². The summed E-state index contributed by atoms with van der Waals surface area (Å²) in [4.78, 5) is 0. The third kappa shape index (κ3) is 7.19. The highest BCUT2D eigenvalue weighted by molar-refractivity contribution is 5.65. The molecule has 2 aromatic rings. The number of hydrogen-bond donors (Lipinski definition) is 0. The Bertz CT molecular complexity index is 1180. The Morgan fingerprint density at radius 2 is 1.19 bits per heavy atom. The summed E-state index contributed by atoms with van der Waals surface area (Å²) in [5.74, 6) is -3.26. The first-order valence-corrected chi connectivity index (χ1v) is 15.8. The van der Waals surface area contributed by atoms with Gasteiger partial charge in [0.15, 0.2) is 17.5 Å². The minimum Gasteiger partial charge on any atom is -0.432 e. The molecule has 0 amide bonds. The van der Waals surface area contributed by atoms with E-state index in [0.717, 1.165) is 55.2 Å². The van der Waals surface area contributed by atoms with Gasteiger partial charge in [-0.05, 0) is 136 Å². The van der Waals surface area contributed by atoms with Crippen molar-refractivity contribution in [2.24, 2.45) is 35.5 Å². The van der Waals surface area contributed by atoms with Crippen molar-refractivity contribution in [3.63, 3.8) is 0 Å². The van der Waals surface area contributed by atoms with Gasteiger partial charge >= 0.3 is 6.11 Å². The van der Waals surface area contributed by atoms with Crippen LogP contribution in [-0.2, 0) is 0 Å². The molecule has 0 atom stereocenters. The van der Waals surface area contributed by atoms with E-state index < -0.39 is 35.3 Å². The molecule has 0 bridgehead atoms. The lowest BCUT2D eigenvalue weighted by atomic mass is 9.65. The van der Waals surface area contributed by atoms with Crippen molar-refractivity contribution >= 4 is 0 Å². The molecule has 3 aliphatic rings. The summed E-state index contributed by atoms with van der Waals surface area (Å²) in [5, 5.41) is 0. The van der Waals surface area contributed by atoms with Crippen LogP contribution in [0.2, 0.25) is 0 Å². The van der Waals surface area contributed by atoms with E-state index in [-0.39, 0.29) is 16.9 Å². The normalized spacial score (nSPS) is 28.8. The molecule has 0 spiro atoms. The van der Waals surface area contributed by atoms with Gasteiger partial charge in [-0.1, -0.05) is 18.9 Å². The SMILES string of the molecule is C=CCCC1CCC(C2CCC(C3CCC(C(F)(F)Oc4ccc(-c5cc(F)c(F)c(F)c5)c(F)c4)CC3)CC2)CC1. The number of ether oxygens (including phenoxy) is 1. The van der Waals surface area contributed by atoms with Gasteiger partial charge < -0.3 is 4.74 Å². The molecule has 1 nitrogen and oxygen atoms in total. The average Bonchev–Trinajstić information content (AvgIpc) is 2.99. The van der Waals surface area contributed by atoms with Crippen molar-refractivity contribution in [3.8, 4) is 16.9 Å². The lowest BCUT2D eigenvalue weighted by Crippen LogP contribution is -2.38. The minimum atomic E-state index is -3.46. The van der Waals surface area contributed by atoms with Crippen LogP contribution in [0.15, 0.2) is 43.0 Å². The Labute approximate surface area is 245 Å². The molecule has 230 valence electrons. The quantitative estimate of drug-likeness (QED) is 0.160. The molecule has 0 saturated heterocycles. The second kappa shape index (κ2) is 13.5. The maximum atomic E-state index is 15.1. The molecule has 2 aromatic carbocycles. The molecule has 3 saturated carbocycles. The fourth-order valence-electron chi connectivity index (χ4n) is 8.06. The van der Waals surface area contributed by atoms with Gasteiger partial charge in [-0.2, -0.15) is 8.78 Å². The van der Waals surface area contributed by atoms with E-state index in [2.05, 4.69) is 6.58 Å². The van der Waals surface area contributed by atoms with E-state index >= 15 is 8.78 Å². The summed E-state index contributed by atoms with van der Waals surface area (Å²) < 4.78 is 90.4. The Kier molecular flexibility index (Phi) is 9.94. The van der Waals surface area contributed by atoms with Crippen LogP contribution in [0.3, 0.4) is 0 Å². The van der Waals surface area contributed by atoms with Gasteiger partial charge in [-0.25, -0.2) is 17.6 Å². The number of rotatable bonds is 9. The highest BCUT2D eigenvalue weighted by Gasteiger charge is 2.45. The fraction of sp³-hybridized carbons (Fsp3) is 0.600. The fourth-order valence-corrected chi connectivity index (χ4v) is 8.06. The Hall–Kier alpha value is -2.44. The van der Waals surface area contributed by atoms with Crippen LogP contribution in [-0.4, -0.2) is 6.11 Å². The number of allylic oxidation sites excluding steroid dienone is 1. The zero-order valence-corrected chi connectivity index (χ0v) is 24.2. The highest BCUT2D eigenvalue weighted by Crippen LogP contribution is 2.48. The van der Waals surface area contributed by atoms with Crippen molar-refractivity contribution in [1.82, 2.24) is 0 Å².